The molecule has 0 radical (unpaired) electrons. The van der Waals surface area contributed by atoms with Crippen LogP contribution in [0.1, 0.15) is 38.0 Å². The van der Waals surface area contributed by atoms with Crippen molar-refractivity contribution in [3.8, 4) is 0 Å². The molecule has 2 N–H and O–H groups in total. The average Bonchev–Trinajstić information content (AvgIpc) is 3.13. The molecule has 1 saturated carbocycles. The molecule has 1 aromatic rings. The molecular weight excluding hydrogens is 272 g/mol. The average molecular weight is 296 g/mol. The number of aromatic nitrogens is 1. The number of rotatable bonds is 9. The van der Waals surface area contributed by atoms with Crippen LogP contribution in [0.4, 0.5) is 5.13 Å². The van der Waals surface area contributed by atoms with Gasteiger partial charge in [0.15, 0.2) is 5.13 Å². The third kappa shape index (κ3) is 4.76. The Morgan fingerprint density at radius 2 is 2.20 bits per heavy atom. The molecule has 0 atom stereocenters. The zero-order valence-corrected chi connectivity index (χ0v) is 13.1. The topological polar surface area (TPSA) is 57.3 Å². The van der Waals surface area contributed by atoms with Crippen molar-refractivity contribution in [1.29, 1.82) is 0 Å². The van der Waals surface area contributed by atoms with Gasteiger partial charge in [-0.2, -0.15) is 0 Å². The van der Waals surface area contributed by atoms with Gasteiger partial charge in [0.05, 0.1) is 0 Å². The Morgan fingerprint density at radius 1 is 1.45 bits per heavy atom. The lowest BCUT2D eigenvalue weighted by Crippen LogP contribution is -2.28. The molecule has 1 fully saturated rings. The van der Waals surface area contributed by atoms with Gasteiger partial charge in [-0.25, -0.2) is 4.98 Å². The summed E-state index contributed by atoms with van der Waals surface area (Å²) < 4.78 is 0. The van der Waals surface area contributed by atoms with Crippen molar-refractivity contribution in [2.24, 2.45) is 0 Å². The van der Waals surface area contributed by atoms with Crippen molar-refractivity contribution < 1.29 is 4.79 Å². The first-order valence-corrected chi connectivity index (χ1v) is 8.24. The van der Waals surface area contributed by atoms with Gasteiger partial charge in [-0.3, -0.25) is 4.79 Å². The van der Waals surface area contributed by atoms with Gasteiger partial charge in [0.25, 0.3) is 0 Å². The van der Waals surface area contributed by atoms with Crippen LogP contribution in [0.3, 0.4) is 0 Å². The molecule has 0 bridgehead atoms. The highest BCUT2D eigenvalue weighted by Gasteiger charge is 2.22. The predicted octanol–water partition coefficient (Wildman–Crippen LogP) is 1.75. The van der Waals surface area contributed by atoms with Gasteiger partial charge in [0.1, 0.15) is 0 Å². The molecule has 0 unspecified atom stereocenters. The number of hydrogen-bond donors (Lipinski definition) is 2. The van der Waals surface area contributed by atoms with Gasteiger partial charge >= 0.3 is 0 Å². The van der Waals surface area contributed by atoms with Gasteiger partial charge < -0.3 is 15.5 Å². The van der Waals surface area contributed by atoms with Gasteiger partial charge in [0, 0.05) is 49.7 Å². The number of thiazole rings is 1. The predicted molar refractivity (Wildman–Crippen MR) is 83.2 cm³/mol. The molecule has 0 aromatic carbocycles. The van der Waals surface area contributed by atoms with Crippen LogP contribution >= 0.6 is 11.3 Å². The molecular formula is C14H24N4OS. The standard InChI is InChI=1S/C14H24N4OS/c1-3-18(4-2)14-16-10-12(20-14)9-15-8-7-13(19)17-11-5-6-11/h10-11,15H,3-9H2,1-2H3,(H,17,19). The molecule has 1 heterocycles. The first kappa shape index (κ1) is 15.3. The van der Waals surface area contributed by atoms with Gasteiger partial charge in [-0.15, -0.1) is 11.3 Å². The lowest BCUT2D eigenvalue weighted by molar-refractivity contribution is -0.121. The van der Waals surface area contributed by atoms with Crippen LogP contribution in [0.5, 0.6) is 0 Å². The highest BCUT2D eigenvalue weighted by molar-refractivity contribution is 7.15. The highest BCUT2D eigenvalue weighted by Crippen LogP contribution is 2.22. The summed E-state index contributed by atoms with van der Waals surface area (Å²) in [5, 5.41) is 7.38. The Hall–Kier alpha value is -1.14. The van der Waals surface area contributed by atoms with Gasteiger partial charge in [-0.05, 0) is 26.7 Å². The van der Waals surface area contributed by atoms with E-state index < -0.39 is 0 Å². The minimum Gasteiger partial charge on any atom is -0.353 e. The first-order chi connectivity index (χ1) is 9.72. The van der Waals surface area contributed by atoms with Crippen molar-refractivity contribution in [2.75, 3.05) is 24.5 Å². The minimum absolute atomic E-state index is 0.160. The second kappa shape index (κ2) is 7.59. The van der Waals surface area contributed by atoms with Crippen LogP contribution < -0.4 is 15.5 Å². The third-order valence-electron chi connectivity index (χ3n) is 3.35. The molecule has 0 saturated heterocycles. The maximum atomic E-state index is 11.5. The molecule has 2 rings (SSSR count). The Balaban J connectivity index is 1.64. The molecule has 6 heteroatoms. The Labute approximate surface area is 124 Å². The van der Waals surface area contributed by atoms with Crippen molar-refractivity contribution in [2.45, 2.75) is 45.7 Å². The number of nitrogens with zero attached hydrogens (tertiary/aromatic N) is 2. The lowest BCUT2D eigenvalue weighted by Gasteiger charge is -2.16. The summed E-state index contributed by atoms with van der Waals surface area (Å²) in [5.74, 6) is 0.160. The van der Waals surface area contributed by atoms with Crippen LogP contribution in [0, 0.1) is 0 Å². The fourth-order valence-corrected chi connectivity index (χ4v) is 2.97. The zero-order valence-electron chi connectivity index (χ0n) is 12.3. The number of carbonyl (C=O) groups is 1. The van der Waals surface area contributed by atoms with E-state index in [-0.39, 0.29) is 5.91 Å². The number of amides is 1. The summed E-state index contributed by atoms with van der Waals surface area (Å²) >= 11 is 1.72. The van der Waals surface area contributed by atoms with Crippen LogP contribution in [0.15, 0.2) is 6.20 Å². The number of anilines is 1. The van der Waals surface area contributed by atoms with Crippen molar-refractivity contribution in [1.82, 2.24) is 15.6 Å². The van der Waals surface area contributed by atoms with Gasteiger partial charge in [0.2, 0.25) is 5.91 Å². The van der Waals surface area contributed by atoms with E-state index in [0.29, 0.717) is 12.5 Å². The summed E-state index contributed by atoms with van der Waals surface area (Å²) in [5.41, 5.74) is 0. The fraction of sp³-hybridized carbons (Fsp3) is 0.714. The van der Waals surface area contributed by atoms with E-state index in [2.05, 4.69) is 34.4 Å². The van der Waals surface area contributed by atoms with Crippen molar-refractivity contribution in [3.63, 3.8) is 0 Å². The molecule has 5 nitrogen and oxygen atoms in total. The first-order valence-electron chi connectivity index (χ1n) is 7.42. The summed E-state index contributed by atoms with van der Waals surface area (Å²) in [6, 6.07) is 0.459. The van der Waals surface area contributed by atoms with Crippen LogP contribution in [-0.4, -0.2) is 36.6 Å². The van der Waals surface area contributed by atoms with Crippen LogP contribution in [0.2, 0.25) is 0 Å². The minimum atomic E-state index is 0.160. The Bertz CT molecular complexity index is 427. The second-order valence-electron chi connectivity index (χ2n) is 5.05. The Morgan fingerprint density at radius 3 is 2.85 bits per heavy atom. The maximum absolute atomic E-state index is 11.5. The van der Waals surface area contributed by atoms with E-state index in [1.807, 2.05) is 6.20 Å². The molecule has 0 aliphatic heterocycles. The molecule has 1 aliphatic carbocycles. The summed E-state index contributed by atoms with van der Waals surface area (Å²) in [7, 11) is 0. The largest absolute Gasteiger partial charge is 0.353 e. The van der Waals surface area contributed by atoms with E-state index in [0.717, 1.165) is 44.2 Å². The van der Waals surface area contributed by atoms with Crippen molar-refractivity contribution >= 4 is 22.4 Å². The smallest absolute Gasteiger partial charge is 0.221 e. The third-order valence-corrected chi connectivity index (χ3v) is 4.40. The van der Waals surface area contributed by atoms with E-state index >= 15 is 0 Å². The second-order valence-corrected chi connectivity index (χ2v) is 6.14. The Kier molecular flexibility index (Phi) is 5.79. The van der Waals surface area contributed by atoms with Crippen molar-refractivity contribution in [3.05, 3.63) is 11.1 Å². The van der Waals surface area contributed by atoms with Crippen LogP contribution in [-0.2, 0) is 11.3 Å². The molecule has 1 aromatic heterocycles. The molecule has 20 heavy (non-hydrogen) atoms. The quantitative estimate of drug-likeness (QED) is 0.682. The van der Waals surface area contributed by atoms with E-state index in [1.54, 1.807) is 11.3 Å². The van der Waals surface area contributed by atoms with Crippen LogP contribution in [0.25, 0.3) is 0 Å². The molecule has 1 amide bonds. The molecule has 1 aliphatic rings. The summed E-state index contributed by atoms with van der Waals surface area (Å²) in [6.45, 7) is 7.76. The fourth-order valence-electron chi connectivity index (χ4n) is 1.96. The van der Waals surface area contributed by atoms with E-state index in [4.69, 9.17) is 0 Å². The maximum Gasteiger partial charge on any atom is 0.221 e. The van der Waals surface area contributed by atoms with Gasteiger partial charge in [-0.1, -0.05) is 0 Å². The number of hydrogen-bond acceptors (Lipinski definition) is 5. The monoisotopic (exact) mass is 296 g/mol. The number of carbonyl (C=O) groups excluding carboxylic acids is 1. The normalized spacial score (nSPS) is 14.3. The van der Waals surface area contributed by atoms with E-state index in [1.165, 1.54) is 4.88 Å². The summed E-state index contributed by atoms with van der Waals surface area (Å²) in [4.78, 5) is 19.4. The highest BCUT2D eigenvalue weighted by atomic mass is 32.1. The molecule has 0 spiro atoms. The van der Waals surface area contributed by atoms with E-state index in [9.17, 15) is 4.79 Å². The zero-order chi connectivity index (χ0) is 14.4. The number of nitrogens with one attached hydrogen (secondary N) is 2. The SMILES string of the molecule is CCN(CC)c1ncc(CNCCC(=O)NC2CC2)s1. The summed E-state index contributed by atoms with van der Waals surface area (Å²) in [6.07, 6.45) is 4.77. The molecule has 112 valence electrons. The lowest BCUT2D eigenvalue weighted by atomic mass is 10.4.